The Kier molecular flexibility index (Phi) is 3.49. The zero-order chi connectivity index (χ0) is 12.3. The first-order valence-corrected chi connectivity index (χ1v) is 5.45. The van der Waals surface area contributed by atoms with Crippen LogP contribution in [0.5, 0.6) is 5.75 Å². The second-order valence-electron chi connectivity index (χ2n) is 3.59. The molecule has 0 heterocycles. The number of halogens is 2. The van der Waals surface area contributed by atoms with Crippen LogP contribution >= 0.6 is 11.6 Å². The van der Waals surface area contributed by atoms with E-state index in [9.17, 15) is 4.39 Å². The highest BCUT2D eigenvalue weighted by molar-refractivity contribution is 6.30. The van der Waals surface area contributed by atoms with Gasteiger partial charge < -0.3 is 10.5 Å². The van der Waals surface area contributed by atoms with Crippen molar-refractivity contribution in [1.82, 2.24) is 0 Å². The summed E-state index contributed by atoms with van der Waals surface area (Å²) in [5.74, 6) is 0.144. The highest BCUT2D eigenvalue weighted by Gasteiger charge is 2.02. The second-order valence-corrected chi connectivity index (χ2v) is 4.03. The van der Waals surface area contributed by atoms with Crippen molar-refractivity contribution in [1.29, 1.82) is 0 Å². The number of rotatable bonds is 3. The first-order chi connectivity index (χ1) is 8.15. The lowest BCUT2D eigenvalue weighted by Gasteiger charge is -2.08. The van der Waals surface area contributed by atoms with Crippen LogP contribution in [0, 0.1) is 5.82 Å². The van der Waals surface area contributed by atoms with Gasteiger partial charge in [0.25, 0.3) is 0 Å². The van der Waals surface area contributed by atoms with Gasteiger partial charge in [-0.05, 0) is 24.3 Å². The smallest absolute Gasteiger partial charge is 0.126 e. The molecule has 0 bridgehead atoms. The quantitative estimate of drug-likeness (QED) is 0.846. The molecule has 0 aliphatic rings. The van der Waals surface area contributed by atoms with Crippen molar-refractivity contribution < 1.29 is 9.13 Å². The van der Waals surface area contributed by atoms with Gasteiger partial charge in [0.15, 0.2) is 0 Å². The van der Waals surface area contributed by atoms with Crippen molar-refractivity contribution in [2.45, 2.75) is 6.61 Å². The molecule has 0 unspecified atom stereocenters. The minimum atomic E-state index is -0.327. The maximum atomic E-state index is 12.9. The maximum absolute atomic E-state index is 12.9. The van der Waals surface area contributed by atoms with Crippen molar-refractivity contribution in [3.8, 4) is 5.75 Å². The number of nitrogens with two attached hydrogens (primary N) is 1. The molecule has 0 radical (unpaired) electrons. The van der Waals surface area contributed by atoms with E-state index in [4.69, 9.17) is 22.1 Å². The highest BCUT2D eigenvalue weighted by atomic mass is 35.5. The molecule has 0 aromatic heterocycles. The Hall–Kier alpha value is -1.74. The van der Waals surface area contributed by atoms with Gasteiger partial charge in [0.1, 0.15) is 18.2 Å². The van der Waals surface area contributed by atoms with E-state index < -0.39 is 0 Å². The number of hydrogen-bond acceptors (Lipinski definition) is 2. The van der Waals surface area contributed by atoms with Crippen LogP contribution in [0.2, 0.25) is 5.02 Å². The molecule has 0 aliphatic carbocycles. The van der Waals surface area contributed by atoms with Crippen molar-refractivity contribution in [2.24, 2.45) is 0 Å². The van der Waals surface area contributed by atoms with Gasteiger partial charge in [-0.25, -0.2) is 4.39 Å². The van der Waals surface area contributed by atoms with E-state index in [1.807, 2.05) is 0 Å². The van der Waals surface area contributed by atoms with Crippen LogP contribution in [0.3, 0.4) is 0 Å². The Morgan fingerprint density at radius 1 is 1.18 bits per heavy atom. The molecule has 17 heavy (non-hydrogen) atoms. The minimum absolute atomic E-state index is 0.284. The molecule has 0 amide bonds. The molecule has 0 fully saturated rings. The molecule has 2 N–H and O–H groups in total. The summed E-state index contributed by atoms with van der Waals surface area (Å²) in [4.78, 5) is 0. The Bertz CT molecular complexity index is 531. The van der Waals surface area contributed by atoms with Gasteiger partial charge in [0, 0.05) is 22.3 Å². The monoisotopic (exact) mass is 251 g/mol. The lowest BCUT2D eigenvalue weighted by atomic mass is 10.2. The highest BCUT2D eigenvalue weighted by Crippen LogP contribution is 2.20. The van der Waals surface area contributed by atoms with E-state index in [0.717, 1.165) is 5.56 Å². The molecule has 0 spiro atoms. The van der Waals surface area contributed by atoms with Gasteiger partial charge in [-0.1, -0.05) is 23.7 Å². The summed E-state index contributed by atoms with van der Waals surface area (Å²) in [5, 5.41) is 0.581. The predicted octanol–water partition coefficient (Wildman–Crippen LogP) is 3.64. The van der Waals surface area contributed by atoms with Crippen LogP contribution in [-0.4, -0.2) is 0 Å². The SMILES string of the molecule is Nc1cc(Cl)ccc1COc1cccc(F)c1. The minimum Gasteiger partial charge on any atom is -0.489 e. The summed E-state index contributed by atoms with van der Waals surface area (Å²) >= 11 is 5.78. The van der Waals surface area contributed by atoms with E-state index in [0.29, 0.717) is 16.5 Å². The van der Waals surface area contributed by atoms with E-state index in [1.54, 1.807) is 30.3 Å². The molecule has 0 aliphatic heterocycles. The molecule has 88 valence electrons. The van der Waals surface area contributed by atoms with E-state index in [-0.39, 0.29) is 12.4 Å². The van der Waals surface area contributed by atoms with Gasteiger partial charge in [0.2, 0.25) is 0 Å². The number of ether oxygens (including phenoxy) is 1. The van der Waals surface area contributed by atoms with Gasteiger partial charge >= 0.3 is 0 Å². The van der Waals surface area contributed by atoms with E-state index in [1.165, 1.54) is 12.1 Å². The fraction of sp³-hybridized carbons (Fsp3) is 0.0769. The topological polar surface area (TPSA) is 35.2 Å². The number of hydrogen-bond donors (Lipinski definition) is 1. The van der Waals surface area contributed by atoms with Gasteiger partial charge in [-0.2, -0.15) is 0 Å². The average molecular weight is 252 g/mol. The van der Waals surface area contributed by atoms with Gasteiger partial charge in [-0.3, -0.25) is 0 Å². The van der Waals surface area contributed by atoms with Gasteiger partial charge in [-0.15, -0.1) is 0 Å². The lowest BCUT2D eigenvalue weighted by Crippen LogP contribution is -2.00. The Morgan fingerprint density at radius 2 is 2.00 bits per heavy atom. The molecular weight excluding hydrogens is 241 g/mol. The summed E-state index contributed by atoms with van der Waals surface area (Å²) < 4.78 is 18.3. The molecule has 0 atom stereocenters. The third-order valence-electron chi connectivity index (χ3n) is 2.30. The summed E-state index contributed by atoms with van der Waals surface area (Å²) in [5.41, 5.74) is 7.16. The third kappa shape index (κ3) is 3.11. The Morgan fingerprint density at radius 3 is 2.71 bits per heavy atom. The molecule has 2 rings (SSSR count). The second kappa shape index (κ2) is 5.06. The normalized spacial score (nSPS) is 10.2. The number of benzene rings is 2. The fourth-order valence-electron chi connectivity index (χ4n) is 1.42. The van der Waals surface area contributed by atoms with Crippen LogP contribution in [0.1, 0.15) is 5.56 Å². The zero-order valence-corrected chi connectivity index (χ0v) is 9.75. The summed E-state index contributed by atoms with van der Waals surface area (Å²) in [6, 6.07) is 11.2. The van der Waals surface area contributed by atoms with E-state index in [2.05, 4.69) is 0 Å². The molecule has 0 saturated carbocycles. The van der Waals surface area contributed by atoms with Crippen LogP contribution < -0.4 is 10.5 Å². The molecule has 2 nitrogen and oxygen atoms in total. The lowest BCUT2D eigenvalue weighted by molar-refractivity contribution is 0.305. The van der Waals surface area contributed by atoms with Crippen molar-refractivity contribution >= 4 is 17.3 Å². The Balaban J connectivity index is 2.07. The van der Waals surface area contributed by atoms with Crippen LogP contribution in [0.15, 0.2) is 42.5 Å². The number of anilines is 1. The van der Waals surface area contributed by atoms with Crippen LogP contribution in [0.4, 0.5) is 10.1 Å². The molecule has 2 aromatic rings. The van der Waals surface area contributed by atoms with Crippen molar-refractivity contribution in [3.63, 3.8) is 0 Å². The average Bonchev–Trinajstić information content (AvgIpc) is 2.28. The predicted molar refractivity (Wildman–Crippen MR) is 66.6 cm³/mol. The maximum Gasteiger partial charge on any atom is 0.126 e. The van der Waals surface area contributed by atoms with E-state index >= 15 is 0 Å². The molecule has 0 saturated heterocycles. The summed E-state index contributed by atoms with van der Waals surface area (Å²) in [6.45, 7) is 0.284. The first kappa shape index (κ1) is 11.7. The first-order valence-electron chi connectivity index (χ1n) is 5.07. The fourth-order valence-corrected chi connectivity index (χ4v) is 1.60. The third-order valence-corrected chi connectivity index (χ3v) is 2.53. The molecular formula is C13H11ClFNO. The summed E-state index contributed by atoms with van der Waals surface area (Å²) in [6.07, 6.45) is 0. The van der Waals surface area contributed by atoms with Crippen molar-refractivity contribution in [3.05, 3.63) is 58.9 Å². The zero-order valence-electron chi connectivity index (χ0n) is 8.99. The van der Waals surface area contributed by atoms with Crippen LogP contribution in [0.25, 0.3) is 0 Å². The standard InChI is InChI=1S/C13H11ClFNO/c14-10-5-4-9(13(16)6-10)8-17-12-3-1-2-11(15)7-12/h1-7H,8,16H2. The number of nitrogen functional groups attached to an aromatic ring is 1. The molecule has 2 aromatic carbocycles. The summed E-state index contributed by atoms with van der Waals surface area (Å²) in [7, 11) is 0. The van der Waals surface area contributed by atoms with Gasteiger partial charge in [0.05, 0.1) is 0 Å². The van der Waals surface area contributed by atoms with Crippen LogP contribution in [-0.2, 0) is 6.61 Å². The largest absolute Gasteiger partial charge is 0.489 e. The molecule has 4 heteroatoms. The Labute approximate surface area is 104 Å². The van der Waals surface area contributed by atoms with Crippen molar-refractivity contribution in [2.75, 3.05) is 5.73 Å².